The molecule has 2 rings (SSSR count). The van der Waals surface area contributed by atoms with Crippen LogP contribution in [0.5, 0.6) is 5.75 Å². The molecule has 1 heterocycles. The van der Waals surface area contributed by atoms with Crippen molar-refractivity contribution in [1.82, 2.24) is 4.98 Å². The number of hydrogen-bond donors (Lipinski definition) is 1. The molecule has 9 heteroatoms. The third-order valence-corrected chi connectivity index (χ3v) is 4.08. The van der Waals surface area contributed by atoms with Crippen LogP contribution in [0.3, 0.4) is 0 Å². The molecule has 1 atom stereocenters. The molecule has 0 aliphatic heterocycles. The summed E-state index contributed by atoms with van der Waals surface area (Å²) in [7, 11) is 0. The molecule has 6 nitrogen and oxygen atoms in total. The normalized spacial score (nSPS) is 12.2. The number of aromatic nitrogens is 1. The van der Waals surface area contributed by atoms with Crippen molar-refractivity contribution >= 4 is 22.7 Å². The number of nitro benzene ring substituents is 1. The van der Waals surface area contributed by atoms with E-state index in [1.165, 1.54) is 12.1 Å². The Morgan fingerprint density at radius 1 is 1.48 bits per heavy atom. The smallest absolute Gasteiger partial charge is 0.387 e. The summed E-state index contributed by atoms with van der Waals surface area (Å²) in [5.74, 6) is -0.477. The Balaban J connectivity index is 2.20. The van der Waals surface area contributed by atoms with E-state index in [-0.39, 0.29) is 6.04 Å². The topological polar surface area (TPSA) is 77.3 Å². The molecule has 0 bridgehead atoms. The van der Waals surface area contributed by atoms with Gasteiger partial charge in [0.15, 0.2) is 0 Å². The van der Waals surface area contributed by atoms with Gasteiger partial charge in [-0.05, 0) is 19.4 Å². The summed E-state index contributed by atoms with van der Waals surface area (Å²) in [6.07, 6.45) is 0.835. The number of benzene rings is 1. The number of rotatable bonds is 7. The number of nitro groups is 1. The zero-order valence-electron chi connectivity index (χ0n) is 12.5. The first kappa shape index (κ1) is 17.1. The lowest BCUT2D eigenvalue weighted by molar-refractivity contribution is -0.386. The molecule has 0 fully saturated rings. The SMILES string of the molecule is CCc1nc(C(C)Nc2ccc([N+](=O)[O-])c(OC(F)F)c2)cs1. The minimum atomic E-state index is -3.13. The van der Waals surface area contributed by atoms with Gasteiger partial charge in [-0.1, -0.05) is 6.92 Å². The van der Waals surface area contributed by atoms with Gasteiger partial charge < -0.3 is 10.1 Å². The van der Waals surface area contributed by atoms with Gasteiger partial charge >= 0.3 is 12.3 Å². The Morgan fingerprint density at radius 2 is 2.22 bits per heavy atom. The van der Waals surface area contributed by atoms with Crippen LogP contribution in [-0.4, -0.2) is 16.5 Å². The van der Waals surface area contributed by atoms with Crippen molar-refractivity contribution in [3.8, 4) is 5.75 Å². The molecule has 0 spiro atoms. The molecule has 2 aromatic rings. The first-order valence-corrected chi connectivity index (χ1v) is 7.72. The first-order chi connectivity index (χ1) is 10.9. The highest BCUT2D eigenvalue weighted by Crippen LogP contribution is 2.32. The van der Waals surface area contributed by atoms with Gasteiger partial charge in [-0.25, -0.2) is 4.98 Å². The van der Waals surface area contributed by atoms with Gasteiger partial charge in [0.25, 0.3) is 0 Å². The fourth-order valence-electron chi connectivity index (χ4n) is 1.96. The Bertz CT molecular complexity index is 694. The Hall–Kier alpha value is -2.29. The summed E-state index contributed by atoms with van der Waals surface area (Å²) >= 11 is 1.54. The van der Waals surface area contributed by atoms with E-state index in [0.29, 0.717) is 5.69 Å². The number of thiazole rings is 1. The molecule has 0 amide bonds. The van der Waals surface area contributed by atoms with Crippen LogP contribution in [-0.2, 0) is 6.42 Å². The minimum absolute atomic E-state index is 0.174. The number of halogens is 2. The molecule has 23 heavy (non-hydrogen) atoms. The van der Waals surface area contributed by atoms with Crippen molar-refractivity contribution in [2.45, 2.75) is 32.9 Å². The molecular formula is C14H15F2N3O3S. The summed E-state index contributed by atoms with van der Waals surface area (Å²) in [6.45, 7) is 0.737. The standard InChI is InChI=1S/C14H15F2N3O3S/c1-3-13-18-10(7-23-13)8(2)17-9-4-5-11(19(20)21)12(6-9)22-14(15)16/h4-8,14,17H,3H2,1-2H3. The second-order valence-corrected chi connectivity index (χ2v) is 5.65. The van der Waals surface area contributed by atoms with Crippen molar-refractivity contribution in [1.29, 1.82) is 0 Å². The van der Waals surface area contributed by atoms with Crippen molar-refractivity contribution in [2.75, 3.05) is 5.32 Å². The molecule has 1 N–H and O–H groups in total. The Labute approximate surface area is 135 Å². The summed E-state index contributed by atoms with van der Waals surface area (Å²) < 4.78 is 29.0. The van der Waals surface area contributed by atoms with E-state index in [1.54, 1.807) is 11.3 Å². The summed E-state index contributed by atoms with van der Waals surface area (Å²) in [5, 5.41) is 16.8. The van der Waals surface area contributed by atoms with Crippen LogP contribution in [0.25, 0.3) is 0 Å². The van der Waals surface area contributed by atoms with E-state index in [9.17, 15) is 18.9 Å². The lowest BCUT2D eigenvalue weighted by Gasteiger charge is -2.14. The lowest BCUT2D eigenvalue weighted by Crippen LogP contribution is -2.09. The maximum absolute atomic E-state index is 12.4. The van der Waals surface area contributed by atoms with Gasteiger partial charge in [0.1, 0.15) is 0 Å². The quantitative estimate of drug-likeness (QED) is 0.596. The van der Waals surface area contributed by atoms with E-state index in [0.717, 1.165) is 23.2 Å². The number of nitrogens with zero attached hydrogens (tertiary/aromatic N) is 2. The average molecular weight is 343 g/mol. The molecule has 0 saturated carbocycles. The number of alkyl halides is 2. The lowest BCUT2D eigenvalue weighted by atomic mass is 10.2. The van der Waals surface area contributed by atoms with E-state index < -0.39 is 23.0 Å². The molecule has 0 aliphatic carbocycles. The van der Waals surface area contributed by atoms with Crippen LogP contribution in [0, 0.1) is 10.1 Å². The molecule has 1 unspecified atom stereocenters. The number of nitrogens with one attached hydrogen (secondary N) is 1. The Morgan fingerprint density at radius 3 is 2.78 bits per heavy atom. The van der Waals surface area contributed by atoms with Crippen molar-refractivity contribution in [2.24, 2.45) is 0 Å². The first-order valence-electron chi connectivity index (χ1n) is 6.84. The van der Waals surface area contributed by atoms with Gasteiger partial charge in [0, 0.05) is 23.2 Å². The minimum Gasteiger partial charge on any atom is -0.427 e. The zero-order chi connectivity index (χ0) is 17.0. The van der Waals surface area contributed by atoms with Crippen molar-refractivity contribution in [3.63, 3.8) is 0 Å². The predicted molar refractivity (Wildman–Crippen MR) is 83.3 cm³/mol. The molecule has 1 aromatic heterocycles. The van der Waals surface area contributed by atoms with Gasteiger partial charge in [0.05, 0.1) is 21.7 Å². The van der Waals surface area contributed by atoms with E-state index in [4.69, 9.17) is 0 Å². The molecule has 0 radical (unpaired) electrons. The molecule has 0 saturated heterocycles. The van der Waals surface area contributed by atoms with Crippen LogP contribution in [0.2, 0.25) is 0 Å². The van der Waals surface area contributed by atoms with E-state index in [1.807, 2.05) is 19.2 Å². The van der Waals surface area contributed by atoms with Gasteiger partial charge in [-0.15, -0.1) is 11.3 Å². The highest BCUT2D eigenvalue weighted by Gasteiger charge is 2.20. The fourth-order valence-corrected chi connectivity index (χ4v) is 2.79. The maximum atomic E-state index is 12.4. The largest absolute Gasteiger partial charge is 0.427 e. The summed E-state index contributed by atoms with van der Waals surface area (Å²) in [6, 6.07) is 3.59. The molecule has 1 aromatic carbocycles. The average Bonchev–Trinajstić information content (AvgIpc) is 2.95. The predicted octanol–water partition coefficient (Wildman–Crippen LogP) is 4.39. The fraction of sp³-hybridized carbons (Fsp3) is 0.357. The third-order valence-electron chi connectivity index (χ3n) is 3.07. The highest BCUT2D eigenvalue weighted by molar-refractivity contribution is 7.09. The monoisotopic (exact) mass is 343 g/mol. The van der Waals surface area contributed by atoms with Crippen LogP contribution in [0.15, 0.2) is 23.6 Å². The van der Waals surface area contributed by atoms with Crippen LogP contribution in [0.4, 0.5) is 20.2 Å². The van der Waals surface area contributed by atoms with Crippen molar-refractivity contribution in [3.05, 3.63) is 44.4 Å². The number of aryl methyl sites for hydroxylation is 1. The van der Waals surface area contributed by atoms with E-state index in [2.05, 4.69) is 15.0 Å². The van der Waals surface area contributed by atoms with E-state index >= 15 is 0 Å². The highest BCUT2D eigenvalue weighted by atomic mass is 32.1. The van der Waals surface area contributed by atoms with Gasteiger partial charge in [-0.3, -0.25) is 10.1 Å². The Kier molecular flexibility index (Phi) is 5.43. The molecule has 124 valence electrons. The van der Waals surface area contributed by atoms with Crippen LogP contribution in [0.1, 0.15) is 30.6 Å². The number of ether oxygens (including phenoxy) is 1. The maximum Gasteiger partial charge on any atom is 0.387 e. The van der Waals surface area contributed by atoms with Crippen LogP contribution >= 0.6 is 11.3 Å². The summed E-state index contributed by atoms with van der Waals surface area (Å²) in [5.41, 5.74) is 0.747. The number of hydrogen-bond acceptors (Lipinski definition) is 6. The second kappa shape index (κ2) is 7.32. The molecule has 0 aliphatic rings. The van der Waals surface area contributed by atoms with Crippen molar-refractivity contribution < 1.29 is 18.4 Å². The molecular weight excluding hydrogens is 328 g/mol. The zero-order valence-corrected chi connectivity index (χ0v) is 13.3. The van der Waals surface area contributed by atoms with Crippen LogP contribution < -0.4 is 10.1 Å². The van der Waals surface area contributed by atoms with Gasteiger partial charge in [-0.2, -0.15) is 8.78 Å². The van der Waals surface area contributed by atoms with Gasteiger partial charge in [0.2, 0.25) is 5.75 Å². The summed E-state index contributed by atoms with van der Waals surface area (Å²) in [4.78, 5) is 14.5. The number of anilines is 1. The second-order valence-electron chi connectivity index (χ2n) is 4.70. The third kappa shape index (κ3) is 4.35.